The Hall–Kier alpha value is -3.19. The molecule has 43 heavy (non-hydrogen) atoms. The molecule has 230 valence electrons. The summed E-state index contributed by atoms with van der Waals surface area (Å²) in [5.41, 5.74) is 6.16. The van der Waals surface area contributed by atoms with Crippen LogP contribution in [0.4, 0.5) is 0 Å². The monoisotopic (exact) mass is 580 g/mol. The van der Waals surface area contributed by atoms with Gasteiger partial charge in [0.1, 0.15) is 11.7 Å². The van der Waals surface area contributed by atoms with E-state index in [-0.39, 0.29) is 34.7 Å². The van der Waals surface area contributed by atoms with Crippen molar-refractivity contribution in [2.45, 2.75) is 106 Å². The molecule has 0 radical (unpaired) electrons. The number of aliphatic hydroxyl groups is 1. The smallest absolute Gasteiger partial charge is 0.167 e. The van der Waals surface area contributed by atoms with Gasteiger partial charge in [0.2, 0.25) is 0 Å². The predicted octanol–water partition coefficient (Wildman–Crippen LogP) is 9.27. The number of hydrogen-bond donors (Lipinski definition) is 1. The molecule has 1 aliphatic carbocycles. The van der Waals surface area contributed by atoms with E-state index in [1.165, 1.54) is 5.57 Å². The fourth-order valence-electron chi connectivity index (χ4n) is 6.61. The van der Waals surface area contributed by atoms with Gasteiger partial charge >= 0.3 is 0 Å². The third-order valence-electron chi connectivity index (χ3n) is 9.10. The number of carbonyl (C=O) groups is 1. The summed E-state index contributed by atoms with van der Waals surface area (Å²) in [6.45, 7) is 21.1. The second-order valence-electron chi connectivity index (χ2n) is 14.0. The van der Waals surface area contributed by atoms with Crippen molar-refractivity contribution in [1.29, 1.82) is 0 Å². The Labute approximate surface area is 261 Å². The van der Waals surface area contributed by atoms with E-state index in [9.17, 15) is 9.90 Å². The molecule has 2 heterocycles. The van der Waals surface area contributed by atoms with Gasteiger partial charge in [0, 0.05) is 16.4 Å². The van der Waals surface area contributed by atoms with Crippen LogP contribution in [0, 0.1) is 28.6 Å². The van der Waals surface area contributed by atoms with E-state index in [4.69, 9.17) is 4.74 Å². The highest BCUT2D eigenvalue weighted by atomic mass is 16.5. The molecular weight excluding hydrogens is 528 g/mol. The lowest BCUT2D eigenvalue weighted by Gasteiger charge is -2.40. The zero-order valence-electron chi connectivity index (χ0n) is 28.0. The lowest BCUT2D eigenvalue weighted by molar-refractivity contribution is -0.125. The van der Waals surface area contributed by atoms with Gasteiger partial charge in [0.25, 0.3) is 0 Å². The fraction of sp³-hybridized carbons (Fsp3) is 0.475. The van der Waals surface area contributed by atoms with Gasteiger partial charge in [-0.25, -0.2) is 0 Å². The SMILES string of the molecule is CC1=C(C#C/C(C)=C/C=C/C(C)=C/C=C/C=C(C)/C=C/C=C(C)/C=C/C23OC(CC2(C)C)C(=O)C3C)C(C)(C)CC(O)C1. The number of carbonyl (C=O) groups excluding carboxylic acids is 1. The molecule has 0 amide bonds. The van der Waals surface area contributed by atoms with E-state index in [1.54, 1.807) is 0 Å². The van der Waals surface area contributed by atoms with Crippen LogP contribution in [0.3, 0.4) is 0 Å². The Bertz CT molecular complexity index is 1420. The van der Waals surface area contributed by atoms with Crippen LogP contribution >= 0.6 is 0 Å². The van der Waals surface area contributed by atoms with E-state index in [0.717, 1.165) is 40.7 Å². The Morgan fingerprint density at radius 3 is 2.00 bits per heavy atom. The zero-order chi connectivity index (χ0) is 32.0. The summed E-state index contributed by atoms with van der Waals surface area (Å²) in [7, 11) is 0. The van der Waals surface area contributed by atoms with Crippen LogP contribution in [-0.4, -0.2) is 28.7 Å². The Morgan fingerprint density at radius 2 is 1.42 bits per heavy atom. The van der Waals surface area contributed by atoms with Crippen molar-refractivity contribution in [2.75, 3.05) is 0 Å². The second-order valence-corrected chi connectivity index (χ2v) is 14.0. The molecule has 2 aliphatic heterocycles. The third-order valence-corrected chi connectivity index (χ3v) is 9.10. The first kappa shape index (κ1) is 34.3. The average molecular weight is 581 g/mol. The summed E-state index contributed by atoms with van der Waals surface area (Å²) in [4.78, 5) is 12.5. The van der Waals surface area contributed by atoms with Gasteiger partial charge in [-0.1, -0.05) is 142 Å². The van der Waals surface area contributed by atoms with E-state index < -0.39 is 5.60 Å². The lowest BCUT2D eigenvalue weighted by atomic mass is 9.62. The van der Waals surface area contributed by atoms with Crippen LogP contribution in [-0.2, 0) is 9.53 Å². The molecule has 2 fully saturated rings. The van der Waals surface area contributed by atoms with E-state index in [0.29, 0.717) is 6.42 Å². The largest absolute Gasteiger partial charge is 0.393 e. The van der Waals surface area contributed by atoms with Crippen LogP contribution < -0.4 is 0 Å². The predicted molar refractivity (Wildman–Crippen MR) is 181 cm³/mol. The molecule has 0 spiro atoms. The zero-order valence-corrected chi connectivity index (χ0v) is 28.0. The van der Waals surface area contributed by atoms with Crippen molar-refractivity contribution < 1.29 is 14.6 Å². The molecule has 2 bridgehead atoms. The third kappa shape index (κ3) is 8.47. The Morgan fingerprint density at radius 1 is 0.860 bits per heavy atom. The molecule has 0 saturated carbocycles. The highest BCUT2D eigenvalue weighted by Crippen LogP contribution is 2.57. The Kier molecular flexibility index (Phi) is 11.2. The molecule has 0 aromatic heterocycles. The molecule has 2 saturated heterocycles. The van der Waals surface area contributed by atoms with Gasteiger partial charge in [-0.15, -0.1) is 0 Å². The Balaban J connectivity index is 1.52. The summed E-state index contributed by atoms with van der Waals surface area (Å²) in [6, 6.07) is 0. The minimum atomic E-state index is -0.507. The van der Waals surface area contributed by atoms with Crippen LogP contribution in [0.25, 0.3) is 0 Å². The molecule has 3 aliphatic rings. The van der Waals surface area contributed by atoms with Gasteiger partial charge in [-0.3, -0.25) is 4.79 Å². The first-order valence-electron chi connectivity index (χ1n) is 15.6. The molecule has 0 aromatic carbocycles. The highest BCUT2D eigenvalue weighted by Gasteiger charge is 2.65. The van der Waals surface area contributed by atoms with Crippen LogP contribution in [0.2, 0.25) is 0 Å². The lowest BCUT2D eigenvalue weighted by Crippen LogP contribution is -2.47. The number of rotatable bonds is 8. The number of aliphatic hydroxyl groups excluding tert-OH is 1. The van der Waals surface area contributed by atoms with E-state index >= 15 is 0 Å². The molecule has 4 atom stereocenters. The molecule has 3 rings (SSSR count). The van der Waals surface area contributed by atoms with Gasteiger partial charge in [-0.2, -0.15) is 0 Å². The first-order valence-corrected chi connectivity index (χ1v) is 15.6. The summed E-state index contributed by atoms with van der Waals surface area (Å²) in [5, 5.41) is 10.1. The molecule has 0 aromatic rings. The second kappa shape index (κ2) is 14.1. The topological polar surface area (TPSA) is 46.5 Å². The van der Waals surface area contributed by atoms with Gasteiger partial charge < -0.3 is 9.84 Å². The number of ether oxygens (including phenoxy) is 1. The van der Waals surface area contributed by atoms with Crippen LogP contribution in [0.1, 0.15) is 88.5 Å². The first-order chi connectivity index (χ1) is 20.1. The van der Waals surface area contributed by atoms with E-state index in [2.05, 4.69) is 116 Å². The number of Topliss-reactive ketones (excluding diaryl/α,β-unsaturated/α-hetero) is 1. The number of hydrogen-bond acceptors (Lipinski definition) is 3. The van der Waals surface area contributed by atoms with Crippen LogP contribution in [0.15, 0.2) is 106 Å². The summed E-state index contributed by atoms with van der Waals surface area (Å²) < 4.78 is 6.22. The van der Waals surface area contributed by atoms with Crippen molar-refractivity contribution >= 4 is 5.78 Å². The maximum Gasteiger partial charge on any atom is 0.167 e. The normalized spacial score (nSPS) is 30.0. The summed E-state index contributed by atoms with van der Waals surface area (Å²) >= 11 is 0. The highest BCUT2D eigenvalue weighted by molar-refractivity contribution is 5.90. The number of allylic oxidation sites excluding steroid dienone is 16. The summed E-state index contributed by atoms with van der Waals surface area (Å²) in [5.74, 6) is 6.80. The van der Waals surface area contributed by atoms with Crippen molar-refractivity contribution in [3.63, 3.8) is 0 Å². The van der Waals surface area contributed by atoms with Crippen molar-refractivity contribution in [3.05, 3.63) is 106 Å². The van der Waals surface area contributed by atoms with Crippen molar-refractivity contribution in [2.24, 2.45) is 16.7 Å². The van der Waals surface area contributed by atoms with Crippen molar-refractivity contribution in [3.8, 4) is 11.8 Å². The average Bonchev–Trinajstić information content (AvgIpc) is 3.31. The van der Waals surface area contributed by atoms with Crippen LogP contribution in [0.5, 0.6) is 0 Å². The molecule has 1 N–H and O–H groups in total. The van der Waals surface area contributed by atoms with Gasteiger partial charge in [0.05, 0.1) is 12.0 Å². The molecule has 3 nitrogen and oxygen atoms in total. The van der Waals surface area contributed by atoms with Crippen molar-refractivity contribution in [1.82, 2.24) is 0 Å². The number of ketones is 1. The van der Waals surface area contributed by atoms with Gasteiger partial charge in [-0.05, 0) is 59.5 Å². The summed E-state index contributed by atoms with van der Waals surface area (Å²) in [6.07, 6.45) is 26.6. The quantitative estimate of drug-likeness (QED) is 0.230. The standard InChI is InChI=1S/C40H52O3/c1-28(17-13-19-30(3)21-22-35-32(5)25-34(41)26-38(35,7)8)15-11-12-16-29(2)18-14-20-31(4)23-24-40-33(6)37(42)36(43-40)27-39(40,9)10/h11-20,23-24,33-34,36,41H,25-27H2,1-10H3/b12-11+,17-13+,18-14+,24-23+,28-15+,29-16+,30-19+,31-20+. The van der Waals surface area contributed by atoms with E-state index in [1.807, 2.05) is 38.2 Å². The fourth-order valence-corrected chi connectivity index (χ4v) is 6.61. The molecule has 4 unspecified atom stereocenters. The number of fused-ring (bicyclic) bond motifs is 2. The maximum absolute atomic E-state index is 12.5. The van der Waals surface area contributed by atoms with Gasteiger partial charge in [0.15, 0.2) is 5.78 Å². The maximum atomic E-state index is 12.5. The minimum absolute atomic E-state index is 0.0495. The molecule has 3 heteroatoms. The minimum Gasteiger partial charge on any atom is -0.393 e. The molecular formula is C40H52O3.